The molecule has 5 heteroatoms. The van der Waals surface area contributed by atoms with Crippen molar-refractivity contribution in [3.63, 3.8) is 0 Å². The van der Waals surface area contributed by atoms with E-state index in [2.05, 4.69) is 15.3 Å². The number of Topliss-reactive ketones (excluding diaryl/α,β-unsaturated/α-hetero) is 1. The molecule has 94 valence electrons. The average Bonchev–Trinajstić information content (AvgIpc) is 2.61. The summed E-state index contributed by atoms with van der Waals surface area (Å²) in [6.07, 6.45) is 0.337. The zero-order valence-electron chi connectivity index (χ0n) is 11.1. The molecule has 2 heterocycles. The Bertz CT molecular complexity index is 601. The number of hydrogen-bond acceptors (Lipinski definition) is 4. The lowest BCUT2D eigenvalue weighted by molar-refractivity contribution is 0.0989. The smallest absolute Gasteiger partial charge is 0.170 e. The van der Waals surface area contributed by atoms with E-state index in [-0.39, 0.29) is 5.78 Å². The van der Waals surface area contributed by atoms with Gasteiger partial charge in [0.2, 0.25) is 0 Å². The van der Waals surface area contributed by atoms with Crippen molar-refractivity contribution in [2.45, 2.75) is 27.2 Å². The zero-order chi connectivity index (χ0) is 13.3. The fourth-order valence-corrected chi connectivity index (χ4v) is 1.92. The topological polar surface area (TPSA) is 60.7 Å². The first kappa shape index (κ1) is 12.4. The standard InChI is InChI=1S/C13H16N4O/c1-8-6-12(10(3)15-14-8)13(18)7-11-5-9(2)16-17(11)4/h5-6H,7H2,1-4H3. The van der Waals surface area contributed by atoms with Crippen LogP contribution in [-0.2, 0) is 13.5 Å². The summed E-state index contributed by atoms with van der Waals surface area (Å²) in [6, 6.07) is 3.71. The maximum Gasteiger partial charge on any atom is 0.170 e. The largest absolute Gasteiger partial charge is 0.294 e. The van der Waals surface area contributed by atoms with Crippen LogP contribution in [0.2, 0.25) is 0 Å². The number of rotatable bonds is 3. The molecule has 18 heavy (non-hydrogen) atoms. The van der Waals surface area contributed by atoms with Crippen LogP contribution in [0.4, 0.5) is 0 Å². The summed E-state index contributed by atoms with van der Waals surface area (Å²) >= 11 is 0. The van der Waals surface area contributed by atoms with Gasteiger partial charge in [0.05, 0.1) is 23.5 Å². The molecule has 0 unspecified atom stereocenters. The van der Waals surface area contributed by atoms with Gasteiger partial charge in [-0.2, -0.15) is 15.3 Å². The van der Waals surface area contributed by atoms with Crippen LogP contribution in [0.3, 0.4) is 0 Å². The monoisotopic (exact) mass is 244 g/mol. The Morgan fingerprint density at radius 2 is 1.89 bits per heavy atom. The zero-order valence-corrected chi connectivity index (χ0v) is 11.1. The van der Waals surface area contributed by atoms with E-state index < -0.39 is 0 Å². The molecule has 0 aliphatic rings. The maximum atomic E-state index is 12.2. The number of carbonyl (C=O) groups is 1. The summed E-state index contributed by atoms with van der Waals surface area (Å²) in [4.78, 5) is 12.2. The van der Waals surface area contributed by atoms with E-state index in [9.17, 15) is 4.79 Å². The van der Waals surface area contributed by atoms with Gasteiger partial charge in [-0.3, -0.25) is 9.48 Å². The van der Waals surface area contributed by atoms with E-state index in [1.807, 2.05) is 27.0 Å². The second kappa shape index (κ2) is 4.68. The van der Waals surface area contributed by atoms with Crippen LogP contribution in [0.15, 0.2) is 12.1 Å². The summed E-state index contributed by atoms with van der Waals surface area (Å²) in [6.45, 7) is 5.54. The van der Waals surface area contributed by atoms with Crippen molar-refractivity contribution in [3.05, 3.63) is 40.5 Å². The van der Waals surface area contributed by atoms with Crippen LogP contribution in [0, 0.1) is 20.8 Å². The first-order chi connectivity index (χ1) is 8.47. The SMILES string of the molecule is Cc1cc(C(=O)Cc2cc(C)nn2C)c(C)nn1. The Morgan fingerprint density at radius 3 is 2.50 bits per heavy atom. The highest BCUT2D eigenvalue weighted by Crippen LogP contribution is 2.11. The number of ketones is 1. The van der Waals surface area contributed by atoms with Gasteiger partial charge < -0.3 is 0 Å². The molecule has 0 radical (unpaired) electrons. The van der Waals surface area contributed by atoms with Gasteiger partial charge in [-0.15, -0.1) is 0 Å². The summed E-state index contributed by atoms with van der Waals surface area (Å²) in [7, 11) is 1.85. The average molecular weight is 244 g/mol. The van der Waals surface area contributed by atoms with Crippen molar-refractivity contribution >= 4 is 5.78 Å². The van der Waals surface area contributed by atoms with E-state index >= 15 is 0 Å². The van der Waals surface area contributed by atoms with Crippen molar-refractivity contribution in [2.24, 2.45) is 7.05 Å². The number of aryl methyl sites for hydroxylation is 4. The van der Waals surface area contributed by atoms with Gasteiger partial charge in [-0.1, -0.05) is 0 Å². The molecule has 0 atom stereocenters. The number of carbonyl (C=O) groups excluding carboxylic acids is 1. The molecular formula is C13H16N4O. The fourth-order valence-electron chi connectivity index (χ4n) is 1.92. The second-order valence-electron chi connectivity index (χ2n) is 4.49. The molecule has 0 bridgehead atoms. The lowest BCUT2D eigenvalue weighted by Gasteiger charge is -2.05. The third-order valence-electron chi connectivity index (χ3n) is 2.84. The van der Waals surface area contributed by atoms with Crippen molar-refractivity contribution < 1.29 is 4.79 Å². The van der Waals surface area contributed by atoms with Crippen LogP contribution in [0.25, 0.3) is 0 Å². The molecule has 0 aromatic carbocycles. The van der Waals surface area contributed by atoms with Crippen molar-refractivity contribution in [2.75, 3.05) is 0 Å². The highest BCUT2D eigenvalue weighted by molar-refractivity contribution is 5.98. The predicted octanol–water partition coefficient (Wildman–Crippen LogP) is 1.56. The number of nitrogens with zero attached hydrogens (tertiary/aromatic N) is 4. The third-order valence-corrected chi connectivity index (χ3v) is 2.84. The van der Waals surface area contributed by atoms with E-state index in [1.165, 1.54) is 0 Å². The van der Waals surface area contributed by atoms with Crippen LogP contribution >= 0.6 is 0 Å². The van der Waals surface area contributed by atoms with Crippen LogP contribution in [0.5, 0.6) is 0 Å². The van der Waals surface area contributed by atoms with Crippen molar-refractivity contribution in [1.29, 1.82) is 0 Å². The van der Waals surface area contributed by atoms with E-state index in [0.717, 1.165) is 17.1 Å². The van der Waals surface area contributed by atoms with E-state index in [1.54, 1.807) is 17.7 Å². The highest BCUT2D eigenvalue weighted by atomic mass is 16.1. The Kier molecular flexibility index (Phi) is 3.23. The third kappa shape index (κ3) is 2.45. The minimum Gasteiger partial charge on any atom is -0.294 e. The lowest BCUT2D eigenvalue weighted by atomic mass is 10.1. The van der Waals surface area contributed by atoms with E-state index in [0.29, 0.717) is 17.7 Å². The molecule has 0 saturated heterocycles. The summed E-state index contributed by atoms with van der Waals surface area (Å²) in [5, 5.41) is 12.1. The summed E-state index contributed by atoms with van der Waals surface area (Å²) in [5.41, 5.74) is 3.89. The first-order valence-electron chi connectivity index (χ1n) is 5.81. The molecule has 0 aliphatic carbocycles. The quantitative estimate of drug-likeness (QED) is 0.769. The van der Waals surface area contributed by atoms with Gasteiger partial charge in [0.25, 0.3) is 0 Å². The van der Waals surface area contributed by atoms with Gasteiger partial charge in [0, 0.05) is 18.3 Å². The van der Waals surface area contributed by atoms with Crippen molar-refractivity contribution in [1.82, 2.24) is 20.0 Å². The molecule has 2 aromatic heterocycles. The van der Waals surface area contributed by atoms with Gasteiger partial charge in [0.1, 0.15) is 0 Å². The van der Waals surface area contributed by atoms with Crippen LogP contribution in [0.1, 0.15) is 33.1 Å². The van der Waals surface area contributed by atoms with Crippen LogP contribution in [-0.4, -0.2) is 25.8 Å². The Labute approximate surface area is 106 Å². The molecule has 2 aromatic rings. The molecule has 0 N–H and O–H groups in total. The minimum absolute atomic E-state index is 0.0495. The molecule has 0 aliphatic heterocycles. The van der Waals surface area contributed by atoms with Gasteiger partial charge in [0.15, 0.2) is 5.78 Å². The number of aromatic nitrogens is 4. The molecule has 0 spiro atoms. The normalized spacial score (nSPS) is 10.7. The predicted molar refractivity (Wildman–Crippen MR) is 67.5 cm³/mol. The van der Waals surface area contributed by atoms with Gasteiger partial charge >= 0.3 is 0 Å². The first-order valence-corrected chi connectivity index (χ1v) is 5.81. The molecule has 0 saturated carbocycles. The maximum absolute atomic E-state index is 12.2. The Hall–Kier alpha value is -2.04. The molecule has 5 nitrogen and oxygen atoms in total. The Balaban J connectivity index is 2.27. The fraction of sp³-hybridized carbons (Fsp3) is 0.385. The van der Waals surface area contributed by atoms with Gasteiger partial charge in [-0.25, -0.2) is 0 Å². The minimum atomic E-state index is 0.0495. The molecule has 0 amide bonds. The second-order valence-corrected chi connectivity index (χ2v) is 4.49. The molecular weight excluding hydrogens is 228 g/mol. The van der Waals surface area contributed by atoms with Gasteiger partial charge in [-0.05, 0) is 32.9 Å². The molecule has 0 fully saturated rings. The number of hydrogen-bond donors (Lipinski definition) is 0. The van der Waals surface area contributed by atoms with Crippen molar-refractivity contribution in [3.8, 4) is 0 Å². The van der Waals surface area contributed by atoms with E-state index in [4.69, 9.17) is 0 Å². The lowest BCUT2D eigenvalue weighted by Crippen LogP contribution is -2.11. The Morgan fingerprint density at radius 1 is 1.17 bits per heavy atom. The highest BCUT2D eigenvalue weighted by Gasteiger charge is 2.14. The van der Waals surface area contributed by atoms with Crippen LogP contribution < -0.4 is 0 Å². The summed E-state index contributed by atoms with van der Waals surface area (Å²) < 4.78 is 1.74. The summed E-state index contributed by atoms with van der Waals surface area (Å²) in [5.74, 6) is 0.0495. The molecule has 2 rings (SSSR count).